The highest BCUT2D eigenvalue weighted by Gasteiger charge is 2.31. The molecular formula is C10H9F3N2O4. The van der Waals surface area contributed by atoms with E-state index in [1.54, 1.807) is 0 Å². The number of aromatic nitrogens is 1. The minimum atomic E-state index is -3.33. The van der Waals surface area contributed by atoms with E-state index < -0.39 is 46.5 Å². The Morgan fingerprint density at radius 2 is 2.21 bits per heavy atom. The monoisotopic (exact) mass is 278 g/mol. The van der Waals surface area contributed by atoms with Crippen LogP contribution in [-0.2, 0) is 16.0 Å². The van der Waals surface area contributed by atoms with Crippen molar-refractivity contribution < 1.29 is 27.6 Å². The molecule has 19 heavy (non-hydrogen) atoms. The van der Waals surface area contributed by atoms with Crippen molar-refractivity contribution in [2.75, 3.05) is 6.61 Å². The standard InChI is InChI=1S/C10H9F3N2O4/c1-2-19-7(16)3-6-8(10(12)13)9(15(17)18)5(11)4-14-6/h4,10H,2-3H2,1H3. The van der Waals surface area contributed by atoms with Gasteiger partial charge in [0.1, 0.15) is 5.56 Å². The second-order valence-electron chi connectivity index (χ2n) is 3.35. The second-order valence-corrected chi connectivity index (χ2v) is 3.35. The molecule has 0 amide bonds. The molecule has 1 aromatic heterocycles. The van der Waals surface area contributed by atoms with Crippen LogP contribution < -0.4 is 0 Å². The summed E-state index contributed by atoms with van der Waals surface area (Å²) in [6.07, 6.45) is -3.58. The van der Waals surface area contributed by atoms with E-state index in [1.807, 2.05) is 0 Å². The molecule has 9 heteroatoms. The van der Waals surface area contributed by atoms with Gasteiger partial charge in [0.25, 0.3) is 6.43 Å². The summed E-state index contributed by atoms with van der Waals surface area (Å²) < 4.78 is 43.3. The van der Waals surface area contributed by atoms with E-state index in [9.17, 15) is 28.1 Å². The predicted octanol–water partition coefficient (Wildman–Crippen LogP) is 2.17. The van der Waals surface area contributed by atoms with E-state index >= 15 is 0 Å². The fraction of sp³-hybridized carbons (Fsp3) is 0.400. The zero-order chi connectivity index (χ0) is 14.6. The molecule has 0 bridgehead atoms. The first kappa shape index (κ1) is 14.9. The number of rotatable bonds is 5. The number of hydrogen-bond donors (Lipinski definition) is 0. The van der Waals surface area contributed by atoms with E-state index in [4.69, 9.17) is 0 Å². The lowest BCUT2D eigenvalue weighted by Crippen LogP contribution is -2.13. The van der Waals surface area contributed by atoms with Gasteiger partial charge in [0.2, 0.25) is 5.82 Å². The zero-order valence-corrected chi connectivity index (χ0v) is 9.73. The Morgan fingerprint density at radius 1 is 1.58 bits per heavy atom. The smallest absolute Gasteiger partial charge is 0.317 e. The molecule has 1 heterocycles. The van der Waals surface area contributed by atoms with Crippen molar-refractivity contribution in [3.05, 3.63) is 33.4 Å². The van der Waals surface area contributed by atoms with E-state index in [0.29, 0.717) is 6.20 Å². The zero-order valence-electron chi connectivity index (χ0n) is 9.73. The molecule has 0 unspecified atom stereocenters. The fourth-order valence-corrected chi connectivity index (χ4v) is 1.44. The molecule has 0 aliphatic carbocycles. The molecule has 1 aromatic rings. The molecule has 0 aromatic carbocycles. The highest BCUT2D eigenvalue weighted by Crippen LogP contribution is 2.33. The van der Waals surface area contributed by atoms with Gasteiger partial charge in [-0.2, -0.15) is 4.39 Å². The summed E-state index contributed by atoms with van der Waals surface area (Å²) in [5.41, 5.74) is -3.14. The third-order valence-electron chi connectivity index (χ3n) is 2.14. The largest absolute Gasteiger partial charge is 0.466 e. The van der Waals surface area contributed by atoms with Crippen LogP contribution in [0.5, 0.6) is 0 Å². The van der Waals surface area contributed by atoms with Crippen LogP contribution in [0.4, 0.5) is 18.9 Å². The van der Waals surface area contributed by atoms with Gasteiger partial charge in [-0.3, -0.25) is 19.9 Å². The Balaban J connectivity index is 3.28. The normalized spacial score (nSPS) is 10.6. The number of esters is 1. The minimum Gasteiger partial charge on any atom is -0.466 e. The Labute approximate surface area is 105 Å². The number of halogens is 3. The Kier molecular flexibility index (Phi) is 4.79. The number of carbonyl (C=O) groups excluding carboxylic acids is 1. The van der Waals surface area contributed by atoms with Crippen molar-refractivity contribution in [3.63, 3.8) is 0 Å². The SMILES string of the molecule is CCOC(=O)Cc1ncc(F)c([N+](=O)[O-])c1C(F)F. The number of hydrogen-bond acceptors (Lipinski definition) is 5. The van der Waals surface area contributed by atoms with Gasteiger partial charge >= 0.3 is 11.7 Å². The first-order valence-electron chi connectivity index (χ1n) is 5.13. The van der Waals surface area contributed by atoms with Crippen molar-refractivity contribution in [2.45, 2.75) is 19.8 Å². The van der Waals surface area contributed by atoms with Crippen LogP contribution in [-0.4, -0.2) is 22.5 Å². The molecule has 0 saturated carbocycles. The van der Waals surface area contributed by atoms with Gasteiger partial charge in [0, 0.05) is 0 Å². The molecule has 0 aliphatic rings. The highest BCUT2D eigenvalue weighted by molar-refractivity contribution is 5.73. The highest BCUT2D eigenvalue weighted by atomic mass is 19.3. The van der Waals surface area contributed by atoms with Crippen LogP contribution in [0.3, 0.4) is 0 Å². The van der Waals surface area contributed by atoms with Crippen molar-refractivity contribution in [1.82, 2.24) is 4.98 Å². The molecule has 0 spiro atoms. The van der Waals surface area contributed by atoms with Crippen LogP contribution in [0.2, 0.25) is 0 Å². The lowest BCUT2D eigenvalue weighted by molar-refractivity contribution is -0.389. The first-order valence-corrected chi connectivity index (χ1v) is 5.13. The van der Waals surface area contributed by atoms with Gasteiger partial charge in [0.15, 0.2) is 0 Å². The Bertz CT molecular complexity index is 508. The number of ether oxygens (including phenoxy) is 1. The second kappa shape index (κ2) is 6.12. The topological polar surface area (TPSA) is 82.3 Å². The van der Waals surface area contributed by atoms with Gasteiger partial charge in [-0.25, -0.2) is 8.78 Å². The predicted molar refractivity (Wildman–Crippen MR) is 56.1 cm³/mol. The van der Waals surface area contributed by atoms with E-state index in [-0.39, 0.29) is 6.61 Å². The van der Waals surface area contributed by atoms with Crippen LogP contribution in [0.25, 0.3) is 0 Å². The van der Waals surface area contributed by atoms with E-state index in [1.165, 1.54) is 6.92 Å². The third kappa shape index (κ3) is 3.39. The number of nitrogens with zero attached hydrogens (tertiary/aromatic N) is 2. The van der Waals surface area contributed by atoms with Gasteiger partial charge in [0.05, 0.1) is 29.8 Å². The van der Waals surface area contributed by atoms with Crippen LogP contribution in [0, 0.1) is 15.9 Å². The summed E-state index contributed by atoms with van der Waals surface area (Å²) in [7, 11) is 0. The fourth-order valence-electron chi connectivity index (χ4n) is 1.44. The summed E-state index contributed by atoms with van der Waals surface area (Å²) in [4.78, 5) is 23.8. The molecule has 0 radical (unpaired) electrons. The van der Waals surface area contributed by atoms with Crippen molar-refractivity contribution in [2.24, 2.45) is 0 Å². The number of carbonyl (C=O) groups is 1. The maximum absolute atomic E-state index is 13.2. The molecule has 0 N–H and O–H groups in total. The summed E-state index contributed by atoms with van der Waals surface area (Å²) >= 11 is 0. The quantitative estimate of drug-likeness (QED) is 0.468. The van der Waals surface area contributed by atoms with Gasteiger partial charge in [-0.15, -0.1) is 0 Å². The minimum absolute atomic E-state index is 0.0200. The molecule has 0 saturated heterocycles. The van der Waals surface area contributed by atoms with Crippen molar-refractivity contribution >= 4 is 11.7 Å². The Morgan fingerprint density at radius 3 is 2.68 bits per heavy atom. The third-order valence-corrected chi connectivity index (χ3v) is 2.14. The van der Waals surface area contributed by atoms with Gasteiger partial charge in [-0.05, 0) is 6.92 Å². The molecule has 0 atom stereocenters. The lowest BCUT2D eigenvalue weighted by atomic mass is 10.1. The molecule has 6 nitrogen and oxygen atoms in total. The van der Waals surface area contributed by atoms with Gasteiger partial charge in [-0.1, -0.05) is 0 Å². The molecule has 0 aliphatic heterocycles. The average Bonchev–Trinajstić information content (AvgIpc) is 2.30. The van der Waals surface area contributed by atoms with Crippen molar-refractivity contribution in [3.8, 4) is 0 Å². The van der Waals surface area contributed by atoms with Crippen molar-refractivity contribution in [1.29, 1.82) is 0 Å². The molecule has 1 rings (SSSR count). The number of pyridine rings is 1. The van der Waals surface area contributed by atoms with Crippen LogP contribution in [0.1, 0.15) is 24.6 Å². The molecular weight excluding hydrogens is 269 g/mol. The van der Waals surface area contributed by atoms with Crippen LogP contribution in [0.15, 0.2) is 6.20 Å². The lowest BCUT2D eigenvalue weighted by Gasteiger charge is -2.08. The summed E-state index contributed by atoms with van der Waals surface area (Å²) in [5.74, 6) is -2.36. The summed E-state index contributed by atoms with van der Waals surface area (Å²) in [6, 6.07) is 0. The first-order chi connectivity index (χ1) is 8.88. The molecule has 104 valence electrons. The van der Waals surface area contributed by atoms with Crippen LogP contribution >= 0.6 is 0 Å². The summed E-state index contributed by atoms with van der Waals surface area (Å²) in [5, 5.41) is 10.6. The average molecular weight is 278 g/mol. The van der Waals surface area contributed by atoms with E-state index in [0.717, 1.165) is 0 Å². The van der Waals surface area contributed by atoms with Gasteiger partial charge < -0.3 is 4.74 Å². The summed E-state index contributed by atoms with van der Waals surface area (Å²) in [6.45, 7) is 1.53. The molecule has 0 fully saturated rings. The number of nitro groups is 1. The Hall–Kier alpha value is -2.19. The number of alkyl halides is 2. The van der Waals surface area contributed by atoms with E-state index in [2.05, 4.69) is 9.72 Å². The maximum Gasteiger partial charge on any atom is 0.317 e. The maximum atomic E-state index is 13.2.